The van der Waals surface area contributed by atoms with Gasteiger partial charge in [0.1, 0.15) is 18.2 Å². The molecule has 8 nitrogen and oxygen atoms in total. The maximum atomic E-state index is 12.8. The first-order valence-corrected chi connectivity index (χ1v) is 14.1. The Bertz CT molecular complexity index is 921. The Morgan fingerprint density at radius 2 is 1.88 bits per heavy atom. The van der Waals surface area contributed by atoms with Crippen LogP contribution in [0.15, 0.2) is 18.6 Å². The third kappa shape index (κ3) is 6.59. The predicted molar refractivity (Wildman–Crippen MR) is 129 cm³/mol. The number of aromatic nitrogens is 4. The second kappa shape index (κ2) is 9.97. The van der Waals surface area contributed by atoms with E-state index in [4.69, 9.17) is 26.1 Å². The maximum absolute atomic E-state index is 12.8. The van der Waals surface area contributed by atoms with Gasteiger partial charge in [0.25, 0.3) is 0 Å². The summed E-state index contributed by atoms with van der Waals surface area (Å²) in [5.41, 5.74) is 1.07. The summed E-state index contributed by atoms with van der Waals surface area (Å²) in [6.45, 7) is 7.26. The van der Waals surface area contributed by atoms with E-state index >= 15 is 0 Å². The van der Waals surface area contributed by atoms with Gasteiger partial charge in [0.15, 0.2) is 0 Å². The zero-order chi connectivity index (χ0) is 23.5. The molecule has 0 spiro atoms. The lowest BCUT2D eigenvalue weighted by molar-refractivity contribution is 0.0205. The zero-order valence-corrected chi connectivity index (χ0v) is 21.4. The molecular formula is C22H34ClN5O3S. The number of ether oxygens (including phenoxy) is 2. The number of hydrogen-bond acceptors (Lipinski definition) is 6. The molecule has 178 valence electrons. The van der Waals surface area contributed by atoms with Crippen molar-refractivity contribution in [1.82, 2.24) is 24.4 Å². The van der Waals surface area contributed by atoms with Gasteiger partial charge in [-0.05, 0) is 64.0 Å². The van der Waals surface area contributed by atoms with E-state index in [9.17, 15) is 4.79 Å². The van der Waals surface area contributed by atoms with Crippen LogP contribution in [-0.2, 0) is 16.2 Å². The Morgan fingerprint density at radius 3 is 2.50 bits per heavy atom. The van der Waals surface area contributed by atoms with Crippen LogP contribution in [0.3, 0.4) is 0 Å². The van der Waals surface area contributed by atoms with Gasteiger partial charge in [-0.15, -0.1) is 0 Å². The van der Waals surface area contributed by atoms with Gasteiger partial charge >= 0.3 is 6.09 Å². The lowest BCUT2D eigenvalue weighted by atomic mass is 10.2. The average Bonchev–Trinajstić information content (AvgIpc) is 3.30. The summed E-state index contributed by atoms with van der Waals surface area (Å²) >= 11 is 5.87. The number of carbonyl (C=O) groups excluding carboxylic acids is 1. The summed E-state index contributed by atoms with van der Waals surface area (Å²) in [6.07, 6.45) is 13.3. The number of hydrogen-bond donors (Lipinski definition) is 0. The fourth-order valence-electron chi connectivity index (χ4n) is 3.51. The van der Waals surface area contributed by atoms with Crippen LogP contribution < -0.4 is 0 Å². The van der Waals surface area contributed by atoms with Crippen LogP contribution in [0.2, 0.25) is 5.28 Å². The first-order chi connectivity index (χ1) is 14.9. The number of carbonyl (C=O) groups is 1. The number of nitrogens with zero attached hydrogens (tertiary/aromatic N) is 5. The molecule has 1 amide bonds. The molecule has 1 saturated heterocycles. The highest BCUT2D eigenvalue weighted by Crippen LogP contribution is 2.36. The summed E-state index contributed by atoms with van der Waals surface area (Å²) in [6, 6.07) is -0.177. The molecule has 32 heavy (non-hydrogen) atoms. The number of amides is 1. The lowest BCUT2D eigenvalue weighted by Gasteiger charge is -2.29. The minimum atomic E-state index is -0.649. The molecule has 1 atom stereocenters. The zero-order valence-electron chi connectivity index (χ0n) is 19.8. The number of imidazole rings is 1. The second-order valence-corrected chi connectivity index (χ2v) is 14.8. The lowest BCUT2D eigenvalue weighted by Crippen LogP contribution is -2.37. The van der Waals surface area contributed by atoms with Crippen LogP contribution in [0.4, 0.5) is 4.79 Å². The highest BCUT2D eigenvalue weighted by molar-refractivity contribution is 8.32. The molecule has 1 aliphatic rings. The van der Waals surface area contributed by atoms with Crippen molar-refractivity contribution < 1.29 is 14.3 Å². The largest absolute Gasteiger partial charge is 0.444 e. The Hall–Kier alpha value is -1.84. The Balaban J connectivity index is 1.88. The fraction of sp³-hybridized carbons (Fsp3) is 0.636. The van der Waals surface area contributed by atoms with E-state index < -0.39 is 15.6 Å². The highest BCUT2D eigenvalue weighted by atomic mass is 35.5. The van der Waals surface area contributed by atoms with Crippen LogP contribution in [0.5, 0.6) is 0 Å². The van der Waals surface area contributed by atoms with Gasteiger partial charge in [0.05, 0.1) is 24.5 Å². The minimum Gasteiger partial charge on any atom is -0.444 e. The van der Waals surface area contributed by atoms with Crippen LogP contribution >= 0.6 is 21.6 Å². The molecule has 3 heterocycles. The molecule has 10 heteroatoms. The average molecular weight is 484 g/mol. The van der Waals surface area contributed by atoms with Crippen molar-refractivity contribution >= 4 is 27.7 Å². The third-order valence-corrected chi connectivity index (χ3v) is 6.63. The topological polar surface area (TPSA) is 82.4 Å². The molecule has 0 radical (unpaired) electrons. The first kappa shape index (κ1) is 24.8. The summed E-state index contributed by atoms with van der Waals surface area (Å²) < 4.78 is 13.7. The Morgan fingerprint density at radius 1 is 1.19 bits per heavy atom. The maximum Gasteiger partial charge on any atom is 0.410 e. The molecule has 2 aromatic rings. The van der Waals surface area contributed by atoms with E-state index in [1.165, 1.54) is 0 Å². The van der Waals surface area contributed by atoms with Gasteiger partial charge in [-0.25, -0.2) is 29.8 Å². The van der Waals surface area contributed by atoms with E-state index in [1.807, 2.05) is 25.3 Å². The third-order valence-electron chi connectivity index (χ3n) is 5.04. The van der Waals surface area contributed by atoms with Gasteiger partial charge in [0, 0.05) is 30.3 Å². The van der Waals surface area contributed by atoms with Gasteiger partial charge in [-0.2, -0.15) is 0 Å². The SMILES string of the molecule is CC(C)(C)OC(=O)N1CCC[C@H]1c1ncc(-c2cnc(Cl)nc2)n1COCCS(C)(C)C. The molecule has 0 N–H and O–H groups in total. The van der Waals surface area contributed by atoms with Crippen molar-refractivity contribution in [2.75, 3.05) is 37.7 Å². The van der Waals surface area contributed by atoms with E-state index in [0.717, 1.165) is 35.7 Å². The summed E-state index contributed by atoms with van der Waals surface area (Å²) in [5.74, 6) is 1.80. The molecule has 0 unspecified atom stereocenters. The monoisotopic (exact) mass is 483 g/mol. The quantitative estimate of drug-likeness (QED) is 0.418. The second-order valence-electron chi connectivity index (χ2n) is 9.83. The first-order valence-electron chi connectivity index (χ1n) is 10.7. The van der Waals surface area contributed by atoms with Gasteiger partial charge in [-0.1, -0.05) is 0 Å². The summed E-state index contributed by atoms with van der Waals surface area (Å²) in [5, 5.41) is 0.191. The Labute approximate surface area is 197 Å². The molecule has 0 bridgehead atoms. The van der Waals surface area contributed by atoms with Crippen molar-refractivity contribution in [3.05, 3.63) is 29.7 Å². The molecule has 1 fully saturated rings. The Kier molecular flexibility index (Phi) is 7.73. The number of rotatable bonds is 7. The van der Waals surface area contributed by atoms with Gasteiger partial charge in [-0.3, -0.25) is 4.90 Å². The smallest absolute Gasteiger partial charge is 0.410 e. The predicted octanol–water partition coefficient (Wildman–Crippen LogP) is 4.73. The molecule has 0 aliphatic carbocycles. The summed E-state index contributed by atoms with van der Waals surface area (Å²) in [7, 11) is -0.649. The van der Waals surface area contributed by atoms with Gasteiger partial charge in [0.2, 0.25) is 5.28 Å². The van der Waals surface area contributed by atoms with Crippen LogP contribution in [0.25, 0.3) is 11.3 Å². The van der Waals surface area contributed by atoms with Crippen molar-refractivity contribution in [2.45, 2.75) is 52.0 Å². The van der Waals surface area contributed by atoms with Crippen LogP contribution in [0.1, 0.15) is 45.5 Å². The van der Waals surface area contributed by atoms with E-state index in [2.05, 4.69) is 28.7 Å². The van der Waals surface area contributed by atoms with Crippen molar-refractivity contribution in [1.29, 1.82) is 0 Å². The number of likely N-dealkylation sites (tertiary alicyclic amines) is 1. The van der Waals surface area contributed by atoms with Gasteiger partial charge < -0.3 is 14.0 Å². The van der Waals surface area contributed by atoms with Crippen LogP contribution in [-0.4, -0.2) is 73.8 Å². The van der Waals surface area contributed by atoms with E-state index in [-0.39, 0.29) is 17.4 Å². The minimum absolute atomic E-state index is 0.177. The molecule has 2 aromatic heterocycles. The molecule has 3 rings (SSSR count). The highest BCUT2D eigenvalue weighted by Gasteiger charge is 2.36. The van der Waals surface area contributed by atoms with Crippen molar-refractivity contribution in [3.8, 4) is 11.3 Å². The standard InChI is InChI=1S/C22H34ClN5O3S/c1-22(2,3)31-21(29)27-9-7-8-17(27)19-24-14-18(16-12-25-20(23)26-13-16)28(19)15-30-10-11-32(4,5)6/h12-14,17H,7-11,15H2,1-6H3/t17-/m0/s1. The summed E-state index contributed by atoms with van der Waals surface area (Å²) in [4.78, 5) is 27.5. The number of halogens is 1. The van der Waals surface area contributed by atoms with Crippen molar-refractivity contribution in [3.63, 3.8) is 0 Å². The molecule has 1 aliphatic heterocycles. The van der Waals surface area contributed by atoms with Crippen molar-refractivity contribution in [2.24, 2.45) is 0 Å². The van der Waals surface area contributed by atoms with E-state index in [1.54, 1.807) is 23.5 Å². The molecular weight excluding hydrogens is 450 g/mol. The van der Waals surface area contributed by atoms with Crippen LogP contribution in [0, 0.1) is 0 Å². The fourth-order valence-corrected chi connectivity index (χ4v) is 4.22. The molecule has 0 aromatic carbocycles. The van der Waals surface area contributed by atoms with E-state index in [0.29, 0.717) is 19.9 Å². The normalized spacial score (nSPS) is 17.6. The molecule has 0 saturated carbocycles.